The molecule has 0 aliphatic carbocycles. The van der Waals surface area contributed by atoms with Crippen LogP contribution in [0, 0.1) is 0 Å². The molecular weight excluding hydrogens is 156 g/mol. The van der Waals surface area contributed by atoms with Crippen molar-refractivity contribution in [3.05, 3.63) is 18.2 Å². The maximum atomic E-state index is 11.2. The Bertz CT molecular complexity index is 259. The fourth-order valence-electron chi connectivity index (χ4n) is 0.701. The Morgan fingerprint density at radius 1 is 1.58 bits per heavy atom. The van der Waals surface area contributed by atoms with Crippen molar-refractivity contribution in [3.8, 4) is 0 Å². The highest BCUT2D eigenvalue weighted by atomic mass is 16.6. The number of nitrogens with one attached hydrogen (secondary N) is 1. The highest BCUT2D eigenvalue weighted by molar-refractivity contribution is 5.87. The summed E-state index contributed by atoms with van der Waals surface area (Å²) >= 11 is 0. The maximum Gasteiger partial charge on any atom is 0.356 e. The first-order valence-electron chi connectivity index (χ1n) is 3.71. The Morgan fingerprint density at radius 2 is 2.25 bits per heavy atom. The summed E-state index contributed by atoms with van der Waals surface area (Å²) in [5.41, 5.74) is -0.0766. The number of H-pyrrole nitrogens is 1. The van der Waals surface area contributed by atoms with E-state index in [4.69, 9.17) is 4.74 Å². The SMILES string of the molecule is CC(C)(C)OC(=O)c1cnc[nH]1. The maximum absolute atomic E-state index is 11.2. The van der Waals surface area contributed by atoms with Crippen LogP contribution in [-0.2, 0) is 4.74 Å². The van der Waals surface area contributed by atoms with E-state index < -0.39 is 5.60 Å². The Morgan fingerprint density at radius 3 is 2.67 bits per heavy atom. The first kappa shape index (κ1) is 8.77. The zero-order chi connectivity index (χ0) is 9.19. The van der Waals surface area contributed by atoms with Gasteiger partial charge in [-0.15, -0.1) is 0 Å². The molecule has 66 valence electrons. The topological polar surface area (TPSA) is 55.0 Å². The summed E-state index contributed by atoms with van der Waals surface area (Å²) < 4.78 is 5.07. The van der Waals surface area contributed by atoms with E-state index in [0.29, 0.717) is 5.69 Å². The molecule has 1 aromatic heterocycles. The minimum atomic E-state index is -0.456. The number of imidazole rings is 1. The molecule has 1 aromatic rings. The number of hydrogen-bond donors (Lipinski definition) is 1. The highest BCUT2D eigenvalue weighted by Crippen LogP contribution is 2.09. The summed E-state index contributed by atoms with van der Waals surface area (Å²) in [4.78, 5) is 17.6. The van der Waals surface area contributed by atoms with E-state index in [1.807, 2.05) is 20.8 Å². The second-order valence-electron chi connectivity index (χ2n) is 3.47. The number of nitrogens with zero attached hydrogens (tertiary/aromatic N) is 1. The normalized spacial score (nSPS) is 11.2. The molecule has 1 N–H and O–H groups in total. The van der Waals surface area contributed by atoms with E-state index in [0.717, 1.165) is 0 Å². The van der Waals surface area contributed by atoms with Crippen molar-refractivity contribution in [1.29, 1.82) is 0 Å². The minimum Gasteiger partial charge on any atom is -0.455 e. The van der Waals surface area contributed by atoms with Crippen molar-refractivity contribution in [1.82, 2.24) is 9.97 Å². The van der Waals surface area contributed by atoms with Gasteiger partial charge in [-0.25, -0.2) is 9.78 Å². The Labute approximate surface area is 71.0 Å². The Hall–Kier alpha value is -1.32. The van der Waals surface area contributed by atoms with Gasteiger partial charge in [0.05, 0.1) is 12.5 Å². The van der Waals surface area contributed by atoms with Gasteiger partial charge in [0.15, 0.2) is 0 Å². The van der Waals surface area contributed by atoms with Crippen LogP contribution in [0.5, 0.6) is 0 Å². The molecule has 1 heterocycles. The first-order valence-corrected chi connectivity index (χ1v) is 3.71. The summed E-state index contributed by atoms with van der Waals surface area (Å²) in [5, 5.41) is 0. The largest absolute Gasteiger partial charge is 0.455 e. The van der Waals surface area contributed by atoms with Gasteiger partial charge in [0.2, 0.25) is 0 Å². The third-order valence-electron chi connectivity index (χ3n) is 1.12. The zero-order valence-electron chi connectivity index (χ0n) is 7.42. The third-order valence-corrected chi connectivity index (χ3v) is 1.12. The molecule has 1 rings (SSSR count). The molecule has 0 saturated carbocycles. The molecule has 0 unspecified atom stereocenters. The molecule has 4 nitrogen and oxygen atoms in total. The molecule has 0 aromatic carbocycles. The van der Waals surface area contributed by atoms with Gasteiger partial charge in [-0.1, -0.05) is 0 Å². The summed E-state index contributed by atoms with van der Waals surface area (Å²) in [6.07, 6.45) is 2.88. The smallest absolute Gasteiger partial charge is 0.356 e. The van der Waals surface area contributed by atoms with Gasteiger partial charge in [0, 0.05) is 0 Å². The predicted octanol–water partition coefficient (Wildman–Crippen LogP) is 1.36. The van der Waals surface area contributed by atoms with Gasteiger partial charge < -0.3 is 9.72 Å². The predicted molar refractivity (Wildman–Crippen MR) is 43.8 cm³/mol. The third kappa shape index (κ3) is 2.38. The fraction of sp³-hybridized carbons (Fsp3) is 0.500. The summed E-state index contributed by atoms with van der Waals surface area (Å²) in [6, 6.07) is 0. The van der Waals surface area contributed by atoms with E-state index in [1.165, 1.54) is 12.5 Å². The van der Waals surface area contributed by atoms with Crippen LogP contribution in [0.3, 0.4) is 0 Å². The van der Waals surface area contributed by atoms with E-state index >= 15 is 0 Å². The molecule has 0 aliphatic heterocycles. The molecule has 0 amide bonds. The van der Waals surface area contributed by atoms with Gasteiger partial charge in [-0.05, 0) is 20.8 Å². The monoisotopic (exact) mass is 168 g/mol. The van der Waals surface area contributed by atoms with Crippen LogP contribution < -0.4 is 0 Å². The Kier molecular flexibility index (Phi) is 2.17. The average molecular weight is 168 g/mol. The van der Waals surface area contributed by atoms with Crippen molar-refractivity contribution >= 4 is 5.97 Å². The number of hydrogen-bond acceptors (Lipinski definition) is 3. The first-order chi connectivity index (χ1) is 5.49. The summed E-state index contributed by atoms with van der Waals surface area (Å²) in [5.74, 6) is -0.375. The number of aromatic nitrogens is 2. The van der Waals surface area contributed by atoms with Crippen molar-refractivity contribution < 1.29 is 9.53 Å². The van der Waals surface area contributed by atoms with Crippen LogP contribution in [0.4, 0.5) is 0 Å². The van der Waals surface area contributed by atoms with E-state index in [9.17, 15) is 4.79 Å². The minimum absolute atomic E-state index is 0.375. The summed E-state index contributed by atoms with van der Waals surface area (Å²) in [6.45, 7) is 5.46. The van der Waals surface area contributed by atoms with Crippen molar-refractivity contribution in [3.63, 3.8) is 0 Å². The van der Waals surface area contributed by atoms with Crippen LogP contribution in [-0.4, -0.2) is 21.5 Å². The molecule has 0 atom stereocenters. The van der Waals surface area contributed by atoms with E-state index in [-0.39, 0.29) is 5.97 Å². The summed E-state index contributed by atoms with van der Waals surface area (Å²) in [7, 11) is 0. The zero-order valence-corrected chi connectivity index (χ0v) is 7.42. The van der Waals surface area contributed by atoms with Crippen LogP contribution in [0.15, 0.2) is 12.5 Å². The number of aromatic amines is 1. The van der Waals surface area contributed by atoms with Crippen LogP contribution in [0.1, 0.15) is 31.3 Å². The molecule has 12 heavy (non-hydrogen) atoms. The number of carbonyl (C=O) groups is 1. The molecule has 0 radical (unpaired) electrons. The highest BCUT2D eigenvalue weighted by Gasteiger charge is 2.18. The lowest BCUT2D eigenvalue weighted by atomic mass is 10.2. The molecular formula is C8H12N2O2. The van der Waals surface area contributed by atoms with Gasteiger partial charge in [-0.3, -0.25) is 0 Å². The number of rotatable bonds is 1. The fourth-order valence-corrected chi connectivity index (χ4v) is 0.701. The number of esters is 1. The van der Waals surface area contributed by atoms with Crippen molar-refractivity contribution in [2.24, 2.45) is 0 Å². The van der Waals surface area contributed by atoms with Crippen LogP contribution in [0.2, 0.25) is 0 Å². The number of ether oxygens (including phenoxy) is 1. The van der Waals surface area contributed by atoms with Crippen LogP contribution >= 0.6 is 0 Å². The standard InChI is InChI=1S/C8H12N2O2/c1-8(2,3)12-7(11)6-4-9-5-10-6/h4-5H,1-3H3,(H,9,10). The quantitative estimate of drug-likeness (QED) is 0.644. The molecule has 0 aliphatic rings. The molecule has 0 saturated heterocycles. The van der Waals surface area contributed by atoms with E-state index in [2.05, 4.69) is 9.97 Å². The second-order valence-corrected chi connectivity index (χ2v) is 3.47. The lowest BCUT2D eigenvalue weighted by molar-refractivity contribution is 0.00635. The van der Waals surface area contributed by atoms with Crippen molar-refractivity contribution in [2.45, 2.75) is 26.4 Å². The van der Waals surface area contributed by atoms with E-state index in [1.54, 1.807) is 0 Å². The van der Waals surface area contributed by atoms with Crippen LogP contribution in [0.25, 0.3) is 0 Å². The molecule has 0 fully saturated rings. The second kappa shape index (κ2) is 2.97. The Balaban J connectivity index is 2.63. The van der Waals surface area contributed by atoms with Gasteiger partial charge in [0.25, 0.3) is 0 Å². The number of carbonyl (C=O) groups excluding carboxylic acids is 1. The average Bonchev–Trinajstić information content (AvgIpc) is 2.32. The lowest BCUT2D eigenvalue weighted by Gasteiger charge is -2.18. The van der Waals surface area contributed by atoms with Gasteiger partial charge >= 0.3 is 5.97 Å². The lowest BCUT2D eigenvalue weighted by Crippen LogP contribution is -2.24. The van der Waals surface area contributed by atoms with Gasteiger partial charge in [-0.2, -0.15) is 0 Å². The molecule has 0 spiro atoms. The molecule has 0 bridgehead atoms. The van der Waals surface area contributed by atoms with Gasteiger partial charge in [0.1, 0.15) is 11.3 Å². The van der Waals surface area contributed by atoms with Crippen molar-refractivity contribution in [2.75, 3.05) is 0 Å². The molecule has 4 heteroatoms.